The van der Waals surface area contributed by atoms with Crippen molar-refractivity contribution in [1.29, 1.82) is 0 Å². The molecule has 0 aromatic heterocycles. The topological polar surface area (TPSA) is 55.8 Å². The van der Waals surface area contributed by atoms with Crippen molar-refractivity contribution < 1.29 is 18.4 Å². The predicted octanol–water partition coefficient (Wildman–Crippen LogP) is 7.42. The van der Waals surface area contributed by atoms with E-state index in [2.05, 4.69) is 103 Å². The van der Waals surface area contributed by atoms with E-state index >= 15 is 0 Å². The van der Waals surface area contributed by atoms with Crippen molar-refractivity contribution in [2.45, 2.75) is 77.7 Å². The van der Waals surface area contributed by atoms with Crippen LogP contribution in [0.1, 0.15) is 63.9 Å². The van der Waals surface area contributed by atoms with Crippen LogP contribution in [-0.2, 0) is 20.3 Å². The maximum atomic E-state index is 13.0. The van der Waals surface area contributed by atoms with Gasteiger partial charge in [0.1, 0.15) is 0 Å². The van der Waals surface area contributed by atoms with Gasteiger partial charge in [0.2, 0.25) is 11.0 Å². The van der Waals surface area contributed by atoms with Gasteiger partial charge in [-0.15, -0.1) is 0 Å². The largest absolute Gasteiger partial charge is 0.417 e. The SMILES string of the molecule is CC(C)(C)[Si](C)(C)OCC[C@H]1CN(SC(=O)c2ccc(CO[Si](c3ccccc3)(c3ccccc3)C(C)(C)C)cc2)C1=O. The Morgan fingerprint density at radius 3 is 1.81 bits per heavy atom. The van der Waals surface area contributed by atoms with Crippen LogP contribution in [0.4, 0.5) is 0 Å². The standard InChI is InChI=1S/C35H47NO4SSi2/c1-34(2,3)42(7,8)39-24-23-29-25-36(32(29)37)41-33(38)28-21-19-27(20-22-28)26-40-43(35(4,5)6,30-15-11-9-12-16-30)31-17-13-10-14-18-31/h9-22,29H,23-26H2,1-8H3/t29-/m0/s1. The number of β-lactam (4-membered cyclic amide) rings is 1. The lowest BCUT2D eigenvalue weighted by Crippen LogP contribution is -2.66. The van der Waals surface area contributed by atoms with E-state index < -0.39 is 16.6 Å². The van der Waals surface area contributed by atoms with Crippen LogP contribution >= 0.6 is 11.9 Å². The summed E-state index contributed by atoms with van der Waals surface area (Å²) in [5, 5.41) is 2.39. The molecule has 0 saturated carbocycles. The molecule has 43 heavy (non-hydrogen) atoms. The number of rotatable bonds is 11. The van der Waals surface area contributed by atoms with Crippen LogP contribution in [0.2, 0.25) is 23.2 Å². The summed E-state index contributed by atoms with van der Waals surface area (Å²) in [5.74, 6) is -0.0430. The summed E-state index contributed by atoms with van der Waals surface area (Å²) in [4.78, 5) is 25.7. The lowest BCUT2D eigenvalue weighted by molar-refractivity contribution is -0.140. The van der Waals surface area contributed by atoms with E-state index in [0.717, 1.165) is 17.5 Å². The molecule has 1 heterocycles. The lowest BCUT2D eigenvalue weighted by atomic mass is 9.99. The van der Waals surface area contributed by atoms with E-state index in [0.29, 0.717) is 31.7 Å². The molecule has 5 nitrogen and oxygen atoms in total. The van der Waals surface area contributed by atoms with Crippen LogP contribution in [0.15, 0.2) is 84.9 Å². The van der Waals surface area contributed by atoms with Crippen molar-refractivity contribution in [3.05, 3.63) is 96.1 Å². The first-order valence-corrected chi connectivity index (χ1v) is 20.8. The third kappa shape index (κ3) is 7.43. The predicted molar refractivity (Wildman–Crippen MR) is 184 cm³/mol. The first-order chi connectivity index (χ1) is 20.2. The molecular weight excluding hydrogens is 587 g/mol. The average molecular weight is 634 g/mol. The number of hydrogen-bond donors (Lipinski definition) is 0. The lowest BCUT2D eigenvalue weighted by Gasteiger charge is -2.43. The highest BCUT2D eigenvalue weighted by atomic mass is 32.2. The van der Waals surface area contributed by atoms with Crippen molar-refractivity contribution in [2.24, 2.45) is 5.92 Å². The highest BCUT2D eigenvalue weighted by molar-refractivity contribution is 8.12. The maximum Gasteiger partial charge on any atom is 0.261 e. The van der Waals surface area contributed by atoms with Gasteiger partial charge in [0, 0.05) is 30.7 Å². The molecule has 0 spiro atoms. The summed E-state index contributed by atoms with van der Waals surface area (Å²) in [6.45, 7) is 19.5. The molecule has 4 rings (SSSR count). The van der Waals surface area contributed by atoms with E-state index in [9.17, 15) is 9.59 Å². The highest BCUT2D eigenvalue weighted by Crippen LogP contribution is 2.38. The minimum absolute atomic E-state index is 0.0208. The van der Waals surface area contributed by atoms with Crippen LogP contribution in [0.25, 0.3) is 0 Å². The zero-order valence-corrected chi connectivity index (χ0v) is 29.8. The number of carbonyl (C=O) groups excluding carboxylic acids is 2. The van der Waals surface area contributed by atoms with E-state index in [1.165, 1.54) is 10.4 Å². The summed E-state index contributed by atoms with van der Waals surface area (Å²) in [5.41, 5.74) is 1.59. The quantitative estimate of drug-likeness (QED) is 0.125. The number of benzene rings is 3. The second kappa shape index (κ2) is 13.2. The zero-order valence-electron chi connectivity index (χ0n) is 27.0. The summed E-state index contributed by atoms with van der Waals surface area (Å²) < 4.78 is 14.9. The van der Waals surface area contributed by atoms with Crippen molar-refractivity contribution >= 4 is 50.0 Å². The van der Waals surface area contributed by atoms with Gasteiger partial charge >= 0.3 is 0 Å². The zero-order chi connectivity index (χ0) is 31.5. The van der Waals surface area contributed by atoms with Gasteiger partial charge in [0.25, 0.3) is 8.32 Å². The van der Waals surface area contributed by atoms with Crippen molar-refractivity contribution in [3.8, 4) is 0 Å². The molecule has 0 N–H and O–H groups in total. The fraction of sp³-hybridized carbons (Fsp3) is 0.429. The summed E-state index contributed by atoms with van der Waals surface area (Å²) in [6, 6.07) is 28.8. The molecule has 3 aromatic rings. The Hall–Kier alpha value is -2.50. The van der Waals surface area contributed by atoms with E-state index in [-0.39, 0.29) is 27.0 Å². The summed E-state index contributed by atoms with van der Waals surface area (Å²) in [7, 11) is -4.48. The second-order valence-electron chi connectivity index (χ2n) is 14.0. The minimum Gasteiger partial charge on any atom is -0.417 e. The minimum atomic E-state index is -2.65. The second-order valence-corrected chi connectivity index (χ2v) is 24.1. The van der Waals surface area contributed by atoms with Crippen LogP contribution < -0.4 is 10.4 Å². The molecule has 1 aliphatic heterocycles. The van der Waals surface area contributed by atoms with Gasteiger partial charge in [-0.25, -0.2) is 0 Å². The third-order valence-electron chi connectivity index (χ3n) is 8.97. The van der Waals surface area contributed by atoms with Gasteiger partial charge in [0.15, 0.2) is 8.32 Å². The smallest absolute Gasteiger partial charge is 0.261 e. The Labute approximate surface area is 264 Å². The summed E-state index contributed by atoms with van der Waals surface area (Å²) >= 11 is 1.00. The number of hydrogen-bond acceptors (Lipinski definition) is 5. The van der Waals surface area contributed by atoms with Crippen LogP contribution in [0, 0.1) is 5.92 Å². The Kier molecular flexibility index (Phi) is 10.3. The average Bonchev–Trinajstić information content (AvgIpc) is 2.96. The number of amides is 1. The first-order valence-electron chi connectivity index (χ1n) is 15.2. The van der Waals surface area contributed by atoms with Crippen LogP contribution in [0.3, 0.4) is 0 Å². The monoisotopic (exact) mass is 633 g/mol. The van der Waals surface area contributed by atoms with Gasteiger partial charge in [0.05, 0.1) is 12.5 Å². The fourth-order valence-corrected chi connectivity index (χ4v) is 11.8. The molecule has 0 unspecified atom stereocenters. The first kappa shape index (κ1) is 33.4. The number of carbonyl (C=O) groups is 2. The van der Waals surface area contributed by atoms with Crippen molar-refractivity contribution in [1.82, 2.24) is 4.31 Å². The van der Waals surface area contributed by atoms with Gasteiger partial charge in [-0.05, 0) is 45.5 Å². The van der Waals surface area contributed by atoms with Gasteiger partial charge in [-0.3, -0.25) is 13.9 Å². The Morgan fingerprint density at radius 1 is 0.814 bits per heavy atom. The normalized spacial score (nSPS) is 16.2. The molecule has 1 amide bonds. The number of nitrogens with zero attached hydrogens (tertiary/aromatic N) is 1. The van der Waals surface area contributed by atoms with Gasteiger partial charge in [-0.2, -0.15) is 0 Å². The Balaban J connectivity index is 1.37. The molecule has 0 aliphatic carbocycles. The Morgan fingerprint density at radius 2 is 1.35 bits per heavy atom. The van der Waals surface area contributed by atoms with Gasteiger partial charge in [-0.1, -0.05) is 126 Å². The van der Waals surface area contributed by atoms with Crippen molar-refractivity contribution in [2.75, 3.05) is 13.2 Å². The molecular formula is C35H47NO4SSi2. The molecule has 1 saturated heterocycles. The third-order valence-corrected chi connectivity index (χ3v) is 19.4. The fourth-order valence-electron chi connectivity index (χ4n) is 5.27. The molecule has 230 valence electrons. The Bertz CT molecular complexity index is 1340. The summed E-state index contributed by atoms with van der Waals surface area (Å²) in [6.07, 6.45) is 0.705. The van der Waals surface area contributed by atoms with E-state index in [1.54, 1.807) is 4.31 Å². The molecule has 1 atom stereocenters. The highest BCUT2D eigenvalue weighted by Gasteiger charge is 2.50. The molecule has 0 bridgehead atoms. The van der Waals surface area contributed by atoms with E-state index in [1.807, 2.05) is 36.4 Å². The van der Waals surface area contributed by atoms with Crippen molar-refractivity contribution in [3.63, 3.8) is 0 Å². The molecule has 8 heteroatoms. The van der Waals surface area contributed by atoms with Crippen LogP contribution in [-0.4, -0.2) is 45.1 Å². The van der Waals surface area contributed by atoms with E-state index in [4.69, 9.17) is 8.85 Å². The maximum absolute atomic E-state index is 13.0. The molecule has 3 aromatic carbocycles. The van der Waals surface area contributed by atoms with Crippen LogP contribution in [0.5, 0.6) is 0 Å². The molecule has 1 fully saturated rings. The molecule has 1 aliphatic rings. The van der Waals surface area contributed by atoms with Gasteiger partial charge < -0.3 is 8.85 Å². The molecule has 0 radical (unpaired) electrons.